The van der Waals surface area contributed by atoms with Crippen molar-refractivity contribution in [3.05, 3.63) is 12.2 Å². The fraction of sp³-hybridized carbons (Fsp3) is 0.786. The molecule has 0 unspecified atom stereocenters. The topological polar surface area (TPSA) is 35.5 Å². The molecule has 0 saturated heterocycles. The first-order valence-electron chi connectivity index (χ1n) is 6.49. The lowest BCUT2D eigenvalue weighted by Crippen LogP contribution is -2.38. The van der Waals surface area contributed by atoms with E-state index >= 15 is 0 Å². The Labute approximate surface area is 102 Å². The van der Waals surface area contributed by atoms with E-state index in [2.05, 4.69) is 6.58 Å². The Morgan fingerprint density at radius 1 is 1.41 bits per heavy atom. The van der Waals surface area contributed by atoms with Crippen molar-refractivity contribution in [2.75, 3.05) is 13.9 Å². The highest BCUT2D eigenvalue weighted by atomic mass is 16.7. The van der Waals surface area contributed by atoms with Gasteiger partial charge in [-0.15, -0.1) is 0 Å². The Morgan fingerprint density at radius 2 is 2.24 bits per heavy atom. The predicted molar refractivity (Wildman–Crippen MR) is 63.5 cm³/mol. The molecule has 3 fully saturated rings. The van der Waals surface area contributed by atoms with Gasteiger partial charge >= 0.3 is 0 Å². The molecule has 94 valence electrons. The van der Waals surface area contributed by atoms with Crippen LogP contribution in [-0.4, -0.2) is 25.8 Å². The molecule has 3 atom stereocenters. The van der Waals surface area contributed by atoms with Gasteiger partial charge in [0, 0.05) is 18.9 Å². The summed E-state index contributed by atoms with van der Waals surface area (Å²) < 4.78 is 10.9. The van der Waals surface area contributed by atoms with Crippen molar-refractivity contribution >= 4 is 5.78 Å². The Kier molecular flexibility index (Phi) is 2.46. The van der Waals surface area contributed by atoms with Gasteiger partial charge in [0.1, 0.15) is 6.79 Å². The van der Waals surface area contributed by atoms with E-state index in [1.165, 1.54) is 12.8 Å². The molecule has 0 aliphatic heterocycles. The number of ketones is 1. The van der Waals surface area contributed by atoms with Gasteiger partial charge in [-0.1, -0.05) is 13.0 Å². The zero-order valence-electron chi connectivity index (χ0n) is 10.5. The molecule has 3 rings (SSSR count). The van der Waals surface area contributed by atoms with E-state index in [1.807, 2.05) is 0 Å². The van der Waals surface area contributed by atoms with Crippen LogP contribution in [-0.2, 0) is 14.3 Å². The summed E-state index contributed by atoms with van der Waals surface area (Å²) in [5.41, 5.74) is 0.968. The van der Waals surface area contributed by atoms with Gasteiger partial charge in [-0.3, -0.25) is 4.79 Å². The van der Waals surface area contributed by atoms with Crippen LogP contribution >= 0.6 is 0 Å². The largest absolute Gasteiger partial charge is 0.359 e. The number of Topliss-reactive ketones (excluding diaryl/α,β-unsaturated/α-hetero) is 1. The Balaban J connectivity index is 1.96. The van der Waals surface area contributed by atoms with Crippen LogP contribution in [0.2, 0.25) is 0 Å². The lowest BCUT2D eigenvalue weighted by atomic mass is 9.68. The average molecular weight is 236 g/mol. The smallest absolute Gasteiger partial charge is 0.159 e. The van der Waals surface area contributed by atoms with Gasteiger partial charge in [0.15, 0.2) is 5.78 Å². The van der Waals surface area contributed by atoms with Crippen molar-refractivity contribution in [3.8, 4) is 0 Å². The summed E-state index contributed by atoms with van der Waals surface area (Å²) in [6.07, 6.45) is 6.47. The van der Waals surface area contributed by atoms with E-state index in [0.717, 1.165) is 24.8 Å². The van der Waals surface area contributed by atoms with E-state index in [0.29, 0.717) is 13.2 Å². The Hall–Kier alpha value is -0.670. The van der Waals surface area contributed by atoms with Gasteiger partial charge in [-0.05, 0) is 36.7 Å². The van der Waals surface area contributed by atoms with Gasteiger partial charge in [-0.2, -0.15) is 0 Å². The fourth-order valence-corrected chi connectivity index (χ4v) is 4.74. The van der Waals surface area contributed by atoms with Crippen molar-refractivity contribution in [2.45, 2.75) is 44.6 Å². The third-order valence-electron chi connectivity index (χ3n) is 5.37. The van der Waals surface area contributed by atoms with Crippen molar-refractivity contribution in [1.82, 2.24) is 0 Å². The first kappa shape index (κ1) is 11.4. The normalized spacial score (nSPS) is 44.2. The van der Waals surface area contributed by atoms with E-state index in [9.17, 15) is 4.79 Å². The van der Waals surface area contributed by atoms with Gasteiger partial charge in [-0.25, -0.2) is 0 Å². The van der Waals surface area contributed by atoms with Crippen molar-refractivity contribution in [2.24, 2.45) is 10.8 Å². The number of rotatable bonds is 3. The molecule has 3 saturated carbocycles. The molecule has 0 heterocycles. The first-order valence-corrected chi connectivity index (χ1v) is 6.49. The lowest BCUT2D eigenvalue weighted by Gasteiger charge is -2.38. The maximum atomic E-state index is 12.0. The highest BCUT2D eigenvalue weighted by molar-refractivity contribution is 6.00. The highest BCUT2D eigenvalue weighted by Gasteiger charge is 2.69. The molecule has 0 bridgehead atoms. The summed E-state index contributed by atoms with van der Waals surface area (Å²) in [6.45, 7) is 4.42. The van der Waals surface area contributed by atoms with Gasteiger partial charge in [0.05, 0.1) is 6.10 Å². The number of ether oxygens (including phenoxy) is 2. The third-order valence-corrected chi connectivity index (χ3v) is 5.37. The molecular formula is C14H20O3. The molecular weight excluding hydrogens is 216 g/mol. The number of hydrogen-bond acceptors (Lipinski definition) is 3. The summed E-state index contributed by atoms with van der Waals surface area (Å²) in [4.78, 5) is 12.0. The van der Waals surface area contributed by atoms with Crippen LogP contribution in [0.5, 0.6) is 0 Å². The predicted octanol–water partition coefficient (Wildman–Crippen LogP) is 2.46. The molecule has 3 aliphatic rings. The van der Waals surface area contributed by atoms with Gasteiger partial charge < -0.3 is 9.47 Å². The van der Waals surface area contributed by atoms with Gasteiger partial charge in [0.25, 0.3) is 0 Å². The summed E-state index contributed by atoms with van der Waals surface area (Å²) >= 11 is 0. The number of carbonyl (C=O) groups is 1. The molecule has 0 N–H and O–H groups in total. The maximum Gasteiger partial charge on any atom is 0.159 e. The van der Waals surface area contributed by atoms with Crippen molar-refractivity contribution < 1.29 is 14.3 Å². The zero-order chi connectivity index (χ0) is 12.1. The second-order valence-corrected chi connectivity index (χ2v) is 5.78. The van der Waals surface area contributed by atoms with E-state index in [4.69, 9.17) is 9.47 Å². The van der Waals surface area contributed by atoms with Crippen LogP contribution in [0.1, 0.15) is 38.5 Å². The second kappa shape index (κ2) is 3.66. The van der Waals surface area contributed by atoms with Crippen LogP contribution < -0.4 is 0 Å². The minimum absolute atomic E-state index is 0.0530. The molecule has 0 aromatic rings. The Bertz CT molecular complexity index is 376. The van der Waals surface area contributed by atoms with Crippen LogP contribution in [0.3, 0.4) is 0 Å². The highest BCUT2D eigenvalue weighted by Crippen LogP contribution is 2.72. The molecule has 0 radical (unpaired) electrons. The van der Waals surface area contributed by atoms with Crippen molar-refractivity contribution in [3.63, 3.8) is 0 Å². The van der Waals surface area contributed by atoms with Gasteiger partial charge in [0.2, 0.25) is 0 Å². The van der Waals surface area contributed by atoms with Crippen LogP contribution in [0.25, 0.3) is 0 Å². The Morgan fingerprint density at radius 3 is 3.00 bits per heavy atom. The van der Waals surface area contributed by atoms with Crippen molar-refractivity contribution in [1.29, 1.82) is 0 Å². The second-order valence-electron chi connectivity index (χ2n) is 5.78. The zero-order valence-corrected chi connectivity index (χ0v) is 10.5. The molecule has 0 spiro atoms. The molecule has 0 aromatic carbocycles. The summed E-state index contributed by atoms with van der Waals surface area (Å²) in [5, 5.41) is 0. The third kappa shape index (κ3) is 1.22. The lowest BCUT2D eigenvalue weighted by molar-refractivity contribution is -0.116. The monoisotopic (exact) mass is 236 g/mol. The summed E-state index contributed by atoms with van der Waals surface area (Å²) in [5.74, 6) is 0.274. The standard InChI is InChI=1S/C14H20O3/c1-10-11(15)8-13-5-3-6-14(10,13)12(4-7-13)17-9-16-2/h12H,1,3-9H2,2H3/t12-,13+,14+/m0/s1. The van der Waals surface area contributed by atoms with E-state index in [1.54, 1.807) is 7.11 Å². The molecule has 3 nitrogen and oxygen atoms in total. The van der Waals surface area contributed by atoms with Crippen LogP contribution in [0, 0.1) is 10.8 Å². The quantitative estimate of drug-likeness (QED) is 0.558. The van der Waals surface area contributed by atoms with Crippen LogP contribution in [0.4, 0.5) is 0 Å². The van der Waals surface area contributed by atoms with Crippen LogP contribution in [0.15, 0.2) is 12.2 Å². The summed E-state index contributed by atoms with van der Waals surface area (Å²) in [7, 11) is 1.64. The molecule has 0 amide bonds. The molecule has 3 heteroatoms. The maximum absolute atomic E-state index is 12.0. The molecule has 0 aromatic heterocycles. The van der Waals surface area contributed by atoms with E-state index in [-0.39, 0.29) is 22.7 Å². The number of hydrogen-bond donors (Lipinski definition) is 0. The minimum atomic E-state index is -0.0530. The number of methoxy groups -OCH3 is 1. The first-order chi connectivity index (χ1) is 8.16. The molecule has 17 heavy (non-hydrogen) atoms. The fourth-order valence-electron chi connectivity index (χ4n) is 4.74. The molecule has 3 aliphatic carbocycles. The summed E-state index contributed by atoms with van der Waals surface area (Å²) in [6, 6.07) is 0. The SMILES string of the molecule is C=C1C(=O)C[C@]23CCC[C@]12[C@@H](OCOC)CC3. The number of carbonyl (C=O) groups excluding carboxylic acids is 1. The average Bonchev–Trinajstić information content (AvgIpc) is 2.85. The van der Waals surface area contributed by atoms with E-state index < -0.39 is 0 Å². The minimum Gasteiger partial charge on any atom is -0.359 e.